The molecule has 1 saturated heterocycles. The van der Waals surface area contributed by atoms with Crippen LogP contribution in [0.4, 0.5) is 0 Å². The van der Waals surface area contributed by atoms with Crippen LogP contribution in [-0.4, -0.2) is 62.5 Å². The molecule has 1 amide bonds. The average molecular weight is 502 g/mol. The van der Waals surface area contributed by atoms with Crippen LogP contribution >= 0.6 is 11.8 Å². The topological polar surface area (TPSA) is 98.7 Å². The molecule has 0 radical (unpaired) electrons. The zero-order valence-electron chi connectivity index (χ0n) is 20.5. The molecule has 3 aliphatic heterocycles. The van der Waals surface area contributed by atoms with Gasteiger partial charge in [-0.05, 0) is 36.8 Å². The summed E-state index contributed by atoms with van der Waals surface area (Å²) < 4.78 is 21.8. The Morgan fingerprint density at radius 2 is 2.09 bits per heavy atom. The molecule has 35 heavy (non-hydrogen) atoms. The molecule has 0 unspecified atom stereocenters. The molecular formula is C25H31N3O6S. The van der Waals surface area contributed by atoms with Crippen molar-refractivity contribution in [1.82, 2.24) is 10.2 Å². The maximum Gasteiger partial charge on any atom is 0.338 e. The van der Waals surface area contributed by atoms with Gasteiger partial charge in [0.05, 0.1) is 51.2 Å². The number of thioether (sulfide) groups is 1. The van der Waals surface area contributed by atoms with Gasteiger partial charge in [0, 0.05) is 30.5 Å². The summed E-state index contributed by atoms with van der Waals surface area (Å²) in [5.74, 6) is 0.617. The Labute approximate surface area is 209 Å². The molecule has 0 aromatic heterocycles. The number of fused-ring (bicyclic) bond motifs is 1. The van der Waals surface area contributed by atoms with Gasteiger partial charge in [-0.3, -0.25) is 4.79 Å². The number of benzene rings is 1. The lowest BCUT2D eigenvalue weighted by Crippen LogP contribution is -2.39. The number of amides is 1. The monoisotopic (exact) mass is 501 g/mol. The standard InChI is InChI=1S/C25H31N3O6S/c1-5-19-22(24(30)33-4)23(18-9-8-16(31-2)12-20(18)32-3)28-15(14-35-25(28)27-19)11-21(29)26-13-17-7-6-10-34-17/h8-9,12,14,17,23H,5-7,10-11,13H2,1-4H3,(H,26,29)/t17-,23-/m0/s1. The van der Waals surface area contributed by atoms with Crippen molar-refractivity contribution in [1.29, 1.82) is 0 Å². The van der Waals surface area contributed by atoms with Crippen molar-refractivity contribution in [3.8, 4) is 11.5 Å². The summed E-state index contributed by atoms with van der Waals surface area (Å²) in [5.41, 5.74) is 2.57. The van der Waals surface area contributed by atoms with E-state index >= 15 is 0 Å². The van der Waals surface area contributed by atoms with Gasteiger partial charge < -0.3 is 29.2 Å². The summed E-state index contributed by atoms with van der Waals surface area (Å²) in [7, 11) is 4.52. The molecule has 188 valence electrons. The summed E-state index contributed by atoms with van der Waals surface area (Å²) in [6.07, 6.45) is 2.73. The zero-order valence-corrected chi connectivity index (χ0v) is 21.3. The summed E-state index contributed by atoms with van der Waals surface area (Å²) in [4.78, 5) is 32.6. The second kappa shape index (κ2) is 11.2. The number of hydrogen-bond acceptors (Lipinski definition) is 9. The van der Waals surface area contributed by atoms with Crippen LogP contribution in [0, 0.1) is 0 Å². The van der Waals surface area contributed by atoms with Crippen LogP contribution in [0.3, 0.4) is 0 Å². The van der Waals surface area contributed by atoms with E-state index in [2.05, 4.69) is 5.32 Å². The Bertz CT molecular complexity index is 1080. The molecule has 1 N–H and O–H groups in total. The van der Waals surface area contributed by atoms with Crippen molar-refractivity contribution in [3.05, 3.63) is 46.1 Å². The van der Waals surface area contributed by atoms with Crippen molar-refractivity contribution in [3.63, 3.8) is 0 Å². The van der Waals surface area contributed by atoms with Crippen LogP contribution in [0.5, 0.6) is 11.5 Å². The van der Waals surface area contributed by atoms with Gasteiger partial charge in [-0.15, -0.1) is 0 Å². The lowest BCUT2D eigenvalue weighted by atomic mass is 9.92. The first-order valence-electron chi connectivity index (χ1n) is 11.7. The Hall–Kier alpha value is -2.98. The van der Waals surface area contributed by atoms with Gasteiger partial charge in [-0.2, -0.15) is 0 Å². The highest BCUT2D eigenvalue weighted by Gasteiger charge is 2.42. The van der Waals surface area contributed by atoms with Crippen LogP contribution in [0.15, 0.2) is 45.6 Å². The SMILES string of the molecule is CCC1=C(C(=O)OC)[C@H](c2ccc(OC)cc2OC)N2C(CC(=O)NC[C@@H]3CCCO3)=CSC2=N1. The highest BCUT2D eigenvalue weighted by atomic mass is 32.2. The van der Waals surface area contributed by atoms with E-state index in [-0.39, 0.29) is 18.4 Å². The number of rotatable bonds is 9. The van der Waals surface area contributed by atoms with Crippen LogP contribution in [0.1, 0.15) is 44.2 Å². The number of hydrogen-bond donors (Lipinski definition) is 1. The Kier molecular flexibility index (Phi) is 8.02. The fraction of sp³-hybridized carbons (Fsp3) is 0.480. The number of amidine groups is 1. The molecule has 3 heterocycles. The first-order valence-corrected chi connectivity index (χ1v) is 12.5. The van der Waals surface area contributed by atoms with Gasteiger partial charge in [-0.25, -0.2) is 9.79 Å². The van der Waals surface area contributed by atoms with Gasteiger partial charge in [0.1, 0.15) is 11.5 Å². The molecule has 4 rings (SSSR count). The summed E-state index contributed by atoms with van der Waals surface area (Å²) in [6, 6.07) is 4.91. The predicted molar refractivity (Wildman–Crippen MR) is 133 cm³/mol. The minimum atomic E-state index is -0.571. The van der Waals surface area contributed by atoms with E-state index in [1.165, 1.54) is 18.9 Å². The van der Waals surface area contributed by atoms with Crippen molar-refractivity contribution in [2.24, 2.45) is 4.99 Å². The number of esters is 1. The lowest BCUT2D eigenvalue weighted by molar-refractivity contribution is -0.136. The minimum Gasteiger partial charge on any atom is -0.497 e. The Morgan fingerprint density at radius 3 is 2.74 bits per heavy atom. The fourth-order valence-electron chi connectivity index (χ4n) is 4.51. The van der Waals surface area contributed by atoms with Crippen LogP contribution < -0.4 is 14.8 Å². The van der Waals surface area contributed by atoms with E-state index in [9.17, 15) is 9.59 Å². The third-order valence-electron chi connectivity index (χ3n) is 6.26. The minimum absolute atomic E-state index is 0.0651. The molecule has 0 saturated carbocycles. The number of nitrogens with one attached hydrogen (secondary N) is 1. The molecule has 0 bridgehead atoms. The lowest BCUT2D eigenvalue weighted by Gasteiger charge is -2.37. The molecule has 10 heteroatoms. The van der Waals surface area contributed by atoms with E-state index in [0.717, 1.165) is 30.7 Å². The number of carbonyl (C=O) groups excluding carboxylic acids is 2. The highest BCUT2D eigenvalue weighted by Crippen LogP contribution is 2.48. The zero-order chi connectivity index (χ0) is 24.9. The van der Waals surface area contributed by atoms with Crippen molar-refractivity contribution in [2.75, 3.05) is 34.5 Å². The van der Waals surface area contributed by atoms with Gasteiger partial charge in [0.2, 0.25) is 5.91 Å². The van der Waals surface area contributed by atoms with E-state index in [4.69, 9.17) is 23.9 Å². The largest absolute Gasteiger partial charge is 0.497 e. The third-order valence-corrected chi connectivity index (χ3v) is 7.15. The smallest absolute Gasteiger partial charge is 0.338 e. The third kappa shape index (κ3) is 5.18. The predicted octanol–water partition coefficient (Wildman–Crippen LogP) is 3.53. The van der Waals surface area contributed by atoms with E-state index in [1.807, 2.05) is 29.4 Å². The van der Waals surface area contributed by atoms with Gasteiger partial charge >= 0.3 is 5.97 Å². The van der Waals surface area contributed by atoms with Crippen LogP contribution in [-0.2, 0) is 19.1 Å². The molecule has 9 nitrogen and oxygen atoms in total. The normalized spacial score (nSPS) is 21.3. The summed E-state index contributed by atoms with van der Waals surface area (Å²) >= 11 is 1.44. The van der Waals surface area contributed by atoms with Gasteiger partial charge in [0.15, 0.2) is 5.17 Å². The maximum absolute atomic E-state index is 13.0. The molecule has 1 aromatic carbocycles. The maximum atomic E-state index is 13.0. The first kappa shape index (κ1) is 25.1. The quantitative estimate of drug-likeness (QED) is 0.513. The molecule has 3 aliphatic rings. The number of carbonyl (C=O) groups is 2. The van der Waals surface area contributed by atoms with E-state index in [1.54, 1.807) is 20.3 Å². The molecule has 0 spiro atoms. The van der Waals surface area contributed by atoms with Crippen molar-refractivity contribution >= 4 is 28.8 Å². The number of ether oxygens (including phenoxy) is 4. The second-order valence-electron chi connectivity index (χ2n) is 8.32. The van der Waals surface area contributed by atoms with Crippen molar-refractivity contribution < 1.29 is 28.5 Å². The first-order chi connectivity index (χ1) is 17.0. The number of methoxy groups -OCH3 is 3. The van der Waals surface area contributed by atoms with Crippen LogP contribution in [0.25, 0.3) is 0 Å². The number of allylic oxidation sites excluding steroid dienone is 1. The van der Waals surface area contributed by atoms with Gasteiger partial charge in [0.25, 0.3) is 0 Å². The van der Waals surface area contributed by atoms with Crippen LogP contribution in [0.2, 0.25) is 0 Å². The van der Waals surface area contributed by atoms with Gasteiger partial charge in [-0.1, -0.05) is 18.7 Å². The molecule has 0 aliphatic carbocycles. The number of nitrogens with zero attached hydrogens (tertiary/aromatic N) is 2. The highest BCUT2D eigenvalue weighted by molar-refractivity contribution is 8.16. The summed E-state index contributed by atoms with van der Waals surface area (Å²) in [6.45, 7) is 3.18. The molecule has 2 atom stereocenters. The Balaban J connectivity index is 1.69. The summed E-state index contributed by atoms with van der Waals surface area (Å²) in [5, 5.41) is 5.60. The molecule has 1 fully saturated rings. The number of aliphatic imine (C=N–C) groups is 1. The molecule has 1 aromatic rings. The fourth-order valence-corrected chi connectivity index (χ4v) is 5.45. The van der Waals surface area contributed by atoms with Crippen molar-refractivity contribution in [2.45, 2.75) is 44.8 Å². The van der Waals surface area contributed by atoms with E-state index < -0.39 is 12.0 Å². The van der Waals surface area contributed by atoms with E-state index in [0.29, 0.717) is 40.9 Å². The average Bonchev–Trinajstić information content (AvgIpc) is 3.55. The second-order valence-corrected chi connectivity index (χ2v) is 9.16. The molecular weight excluding hydrogens is 470 g/mol. The Morgan fingerprint density at radius 1 is 1.26 bits per heavy atom.